The standard InChI is InChI=1S/C18H17ClN6O5S/c1-29-12-3-2-4-13(8-12)30-9-16-22-23-18(24(16)20)31-10-17(26)21-15-6-5-11(25(27)28)7-14(15)19/h2-8H,9-10,20H2,1H3,(H,21,26). The number of hydrogen-bond acceptors (Lipinski definition) is 9. The molecule has 1 heterocycles. The number of nitrogens with two attached hydrogens (primary N) is 1. The largest absolute Gasteiger partial charge is 0.497 e. The van der Waals surface area contributed by atoms with E-state index < -0.39 is 10.8 Å². The third kappa shape index (κ3) is 5.77. The molecule has 11 nitrogen and oxygen atoms in total. The molecule has 13 heteroatoms. The van der Waals surface area contributed by atoms with Gasteiger partial charge in [-0.1, -0.05) is 29.4 Å². The van der Waals surface area contributed by atoms with E-state index in [1.165, 1.54) is 16.8 Å². The van der Waals surface area contributed by atoms with Crippen molar-refractivity contribution in [2.45, 2.75) is 11.8 Å². The molecule has 162 valence electrons. The van der Waals surface area contributed by atoms with Crippen LogP contribution >= 0.6 is 23.4 Å². The summed E-state index contributed by atoms with van der Waals surface area (Å²) in [6, 6.07) is 10.8. The number of rotatable bonds is 9. The summed E-state index contributed by atoms with van der Waals surface area (Å²) in [5, 5.41) is 21.6. The summed E-state index contributed by atoms with van der Waals surface area (Å²) in [7, 11) is 1.56. The molecule has 0 fully saturated rings. The molecule has 2 aromatic carbocycles. The van der Waals surface area contributed by atoms with E-state index in [1.54, 1.807) is 31.4 Å². The van der Waals surface area contributed by atoms with E-state index >= 15 is 0 Å². The Morgan fingerprint density at radius 1 is 1.29 bits per heavy atom. The van der Waals surface area contributed by atoms with Gasteiger partial charge in [-0.05, 0) is 18.2 Å². The van der Waals surface area contributed by atoms with Crippen LogP contribution in [0.3, 0.4) is 0 Å². The van der Waals surface area contributed by atoms with Crippen molar-refractivity contribution < 1.29 is 19.2 Å². The Kier molecular flexibility index (Phi) is 7.15. The number of nitro groups is 1. The van der Waals surface area contributed by atoms with Crippen molar-refractivity contribution in [3.8, 4) is 11.5 Å². The predicted molar refractivity (Wildman–Crippen MR) is 115 cm³/mol. The average molecular weight is 465 g/mol. The van der Waals surface area contributed by atoms with Crippen LogP contribution < -0.4 is 20.6 Å². The fourth-order valence-corrected chi connectivity index (χ4v) is 3.28. The predicted octanol–water partition coefficient (Wildman–Crippen LogP) is 2.87. The first-order chi connectivity index (χ1) is 14.9. The van der Waals surface area contributed by atoms with Gasteiger partial charge in [-0.15, -0.1) is 10.2 Å². The molecule has 0 radical (unpaired) electrons. The Morgan fingerprint density at radius 3 is 2.77 bits per heavy atom. The summed E-state index contributed by atoms with van der Waals surface area (Å²) in [6.45, 7) is 0.0713. The van der Waals surface area contributed by atoms with Gasteiger partial charge in [0.05, 0.1) is 28.5 Å². The second kappa shape index (κ2) is 10.00. The zero-order valence-electron chi connectivity index (χ0n) is 16.1. The Bertz CT molecular complexity index is 1110. The number of benzene rings is 2. The Balaban J connectivity index is 1.54. The zero-order valence-corrected chi connectivity index (χ0v) is 17.7. The molecule has 1 aromatic heterocycles. The summed E-state index contributed by atoms with van der Waals surface area (Å²) in [5.41, 5.74) is 0.0942. The van der Waals surface area contributed by atoms with Crippen LogP contribution in [0.5, 0.6) is 11.5 Å². The lowest BCUT2D eigenvalue weighted by atomic mass is 10.3. The third-order valence-corrected chi connectivity index (χ3v) is 5.17. The summed E-state index contributed by atoms with van der Waals surface area (Å²) < 4.78 is 12.0. The molecule has 0 atom stereocenters. The SMILES string of the molecule is COc1cccc(OCc2nnc(SCC(=O)Nc3ccc([N+](=O)[O-])cc3Cl)n2N)c1. The fourth-order valence-electron chi connectivity index (χ4n) is 2.38. The Labute approximate surface area is 185 Å². The number of aromatic nitrogens is 3. The number of methoxy groups -OCH3 is 1. The second-order valence-electron chi connectivity index (χ2n) is 5.99. The third-order valence-electron chi connectivity index (χ3n) is 3.91. The van der Waals surface area contributed by atoms with Gasteiger partial charge < -0.3 is 20.6 Å². The molecule has 0 bridgehead atoms. The lowest BCUT2D eigenvalue weighted by molar-refractivity contribution is -0.384. The van der Waals surface area contributed by atoms with Gasteiger partial charge in [-0.2, -0.15) is 0 Å². The van der Waals surface area contributed by atoms with Crippen LogP contribution in [0.1, 0.15) is 5.82 Å². The minimum absolute atomic E-state index is 0.0284. The maximum Gasteiger partial charge on any atom is 0.271 e. The maximum absolute atomic E-state index is 12.2. The van der Waals surface area contributed by atoms with Crippen molar-refractivity contribution in [2.75, 3.05) is 24.0 Å². The summed E-state index contributed by atoms with van der Waals surface area (Å²) >= 11 is 7.04. The molecule has 0 aliphatic rings. The maximum atomic E-state index is 12.2. The van der Waals surface area contributed by atoms with Gasteiger partial charge in [-0.25, -0.2) is 4.68 Å². The van der Waals surface area contributed by atoms with Gasteiger partial charge in [0.1, 0.15) is 18.1 Å². The van der Waals surface area contributed by atoms with E-state index in [-0.39, 0.29) is 28.8 Å². The van der Waals surface area contributed by atoms with Crippen molar-refractivity contribution in [3.63, 3.8) is 0 Å². The Morgan fingerprint density at radius 2 is 2.06 bits per heavy atom. The van der Waals surface area contributed by atoms with Crippen LogP contribution in [-0.2, 0) is 11.4 Å². The fraction of sp³-hybridized carbons (Fsp3) is 0.167. The quantitative estimate of drug-likeness (QED) is 0.211. The molecule has 1 amide bonds. The van der Waals surface area contributed by atoms with Crippen molar-refractivity contribution >= 4 is 40.6 Å². The van der Waals surface area contributed by atoms with Gasteiger partial charge in [0.15, 0.2) is 5.82 Å². The van der Waals surface area contributed by atoms with Gasteiger partial charge in [-0.3, -0.25) is 14.9 Å². The van der Waals surface area contributed by atoms with Crippen LogP contribution in [-0.4, -0.2) is 38.6 Å². The van der Waals surface area contributed by atoms with Gasteiger partial charge in [0.2, 0.25) is 11.1 Å². The number of amides is 1. The lowest BCUT2D eigenvalue weighted by Crippen LogP contribution is -2.18. The first-order valence-electron chi connectivity index (χ1n) is 8.70. The normalized spacial score (nSPS) is 10.5. The highest BCUT2D eigenvalue weighted by atomic mass is 35.5. The van der Waals surface area contributed by atoms with Crippen LogP contribution in [0.4, 0.5) is 11.4 Å². The number of hydrogen-bond donors (Lipinski definition) is 2. The first kappa shape index (κ1) is 22.2. The number of nitrogens with zero attached hydrogens (tertiary/aromatic N) is 4. The van der Waals surface area contributed by atoms with E-state index in [0.29, 0.717) is 22.5 Å². The Hall–Kier alpha value is -3.51. The highest BCUT2D eigenvalue weighted by Gasteiger charge is 2.15. The van der Waals surface area contributed by atoms with E-state index in [2.05, 4.69) is 15.5 Å². The zero-order chi connectivity index (χ0) is 22.4. The van der Waals surface area contributed by atoms with Crippen molar-refractivity contribution in [1.82, 2.24) is 14.9 Å². The molecule has 3 aromatic rings. The van der Waals surface area contributed by atoms with E-state index in [4.69, 9.17) is 26.9 Å². The number of nitrogens with one attached hydrogen (secondary N) is 1. The van der Waals surface area contributed by atoms with Crippen molar-refractivity contribution in [2.24, 2.45) is 0 Å². The number of ether oxygens (including phenoxy) is 2. The average Bonchev–Trinajstić information content (AvgIpc) is 3.11. The summed E-state index contributed by atoms with van der Waals surface area (Å²) in [6.07, 6.45) is 0. The summed E-state index contributed by atoms with van der Waals surface area (Å²) in [4.78, 5) is 22.4. The lowest BCUT2D eigenvalue weighted by Gasteiger charge is -2.08. The first-order valence-corrected chi connectivity index (χ1v) is 10.1. The molecule has 0 unspecified atom stereocenters. The van der Waals surface area contributed by atoms with Crippen molar-refractivity contribution in [1.29, 1.82) is 0 Å². The minimum atomic E-state index is -0.572. The van der Waals surface area contributed by atoms with Crippen LogP contribution in [0.25, 0.3) is 0 Å². The molecule has 0 aliphatic carbocycles. The molecule has 0 spiro atoms. The highest BCUT2D eigenvalue weighted by Crippen LogP contribution is 2.27. The van der Waals surface area contributed by atoms with Crippen LogP contribution in [0.15, 0.2) is 47.6 Å². The molecule has 3 rings (SSSR count). The number of nitrogen functional groups attached to an aromatic ring is 1. The molecular formula is C18H17ClN6O5S. The van der Waals surface area contributed by atoms with Crippen LogP contribution in [0.2, 0.25) is 5.02 Å². The molecule has 0 saturated heterocycles. The smallest absolute Gasteiger partial charge is 0.271 e. The molecule has 0 saturated carbocycles. The number of carbonyl (C=O) groups excluding carboxylic acids is 1. The number of nitro benzene ring substituents is 1. The number of thioether (sulfide) groups is 1. The van der Waals surface area contributed by atoms with Crippen LogP contribution in [0, 0.1) is 10.1 Å². The number of halogens is 1. The molecule has 0 aliphatic heterocycles. The number of carbonyl (C=O) groups is 1. The van der Waals surface area contributed by atoms with E-state index in [9.17, 15) is 14.9 Å². The number of non-ortho nitro benzene ring substituents is 1. The van der Waals surface area contributed by atoms with E-state index in [0.717, 1.165) is 17.8 Å². The second-order valence-corrected chi connectivity index (χ2v) is 7.34. The number of anilines is 1. The van der Waals surface area contributed by atoms with Gasteiger partial charge in [0, 0.05) is 18.2 Å². The van der Waals surface area contributed by atoms with E-state index in [1.807, 2.05) is 0 Å². The minimum Gasteiger partial charge on any atom is -0.497 e. The van der Waals surface area contributed by atoms with Gasteiger partial charge in [0.25, 0.3) is 5.69 Å². The monoisotopic (exact) mass is 464 g/mol. The topological polar surface area (TPSA) is 147 Å². The van der Waals surface area contributed by atoms with Crippen molar-refractivity contribution in [3.05, 3.63) is 63.4 Å². The molecule has 31 heavy (non-hydrogen) atoms. The molecular weight excluding hydrogens is 448 g/mol. The molecule has 3 N–H and O–H groups in total. The highest BCUT2D eigenvalue weighted by molar-refractivity contribution is 7.99. The summed E-state index contributed by atoms with van der Waals surface area (Å²) in [5.74, 6) is 7.16. The van der Waals surface area contributed by atoms with Gasteiger partial charge >= 0.3 is 0 Å².